The van der Waals surface area contributed by atoms with Gasteiger partial charge < -0.3 is 9.64 Å². The Balaban J connectivity index is 2.08. The van der Waals surface area contributed by atoms with E-state index in [1.54, 1.807) is 7.11 Å². The molecule has 19 heavy (non-hydrogen) atoms. The van der Waals surface area contributed by atoms with Crippen molar-refractivity contribution in [1.82, 2.24) is 10.2 Å². The lowest BCUT2D eigenvalue weighted by Crippen LogP contribution is -2.43. The van der Waals surface area contributed by atoms with Crippen LogP contribution in [0.1, 0.15) is 52.9 Å². The van der Waals surface area contributed by atoms with E-state index in [9.17, 15) is 4.79 Å². The first-order valence-electron chi connectivity index (χ1n) is 7.73. The lowest BCUT2D eigenvalue weighted by molar-refractivity contribution is -0.133. The highest BCUT2D eigenvalue weighted by Crippen LogP contribution is 2.32. The number of hydrogen-bond acceptors (Lipinski definition) is 3. The van der Waals surface area contributed by atoms with Crippen LogP contribution in [0, 0.1) is 5.92 Å². The largest absolute Gasteiger partial charge is 0.381 e. The zero-order valence-electron chi connectivity index (χ0n) is 12.7. The van der Waals surface area contributed by atoms with E-state index in [0.29, 0.717) is 24.0 Å². The minimum atomic E-state index is 0.0107. The average molecular weight is 268 g/mol. The van der Waals surface area contributed by atoms with Gasteiger partial charge in [0.2, 0.25) is 5.91 Å². The molecule has 1 aliphatic heterocycles. The quantitative estimate of drug-likeness (QED) is 0.830. The number of ether oxygens (including phenoxy) is 1. The third-order valence-corrected chi connectivity index (χ3v) is 4.91. The molecular formula is C15H28N2O2. The van der Waals surface area contributed by atoms with Crippen molar-refractivity contribution in [3.8, 4) is 0 Å². The molecule has 1 N–H and O–H groups in total. The lowest BCUT2D eigenvalue weighted by atomic mass is 9.99. The van der Waals surface area contributed by atoms with Crippen LogP contribution in [0.15, 0.2) is 0 Å². The SMILES string of the molecule is CCC(C)C1NC(CC)N(C2CCC(OC)C2)C1=O. The van der Waals surface area contributed by atoms with E-state index in [4.69, 9.17) is 4.74 Å². The molecule has 1 saturated heterocycles. The molecule has 5 unspecified atom stereocenters. The number of nitrogens with one attached hydrogen (secondary N) is 1. The molecule has 0 bridgehead atoms. The number of hydrogen-bond donors (Lipinski definition) is 1. The molecule has 0 spiro atoms. The zero-order chi connectivity index (χ0) is 14.0. The number of nitrogens with zero attached hydrogens (tertiary/aromatic N) is 1. The van der Waals surface area contributed by atoms with E-state index in [2.05, 4.69) is 31.0 Å². The van der Waals surface area contributed by atoms with Gasteiger partial charge in [0, 0.05) is 13.2 Å². The summed E-state index contributed by atoms with van der Waals surface area (Å²) in [6.45, 7) is 6.47. The summed E-state index contributed by atoms with van der Waals surface area (Å²) in [5, 5.41) is 3.54. The second-order valence-electron chi connectivity index (χ2n) is 6.02. The summed E-state index contributed by atoms with van der Waals surface area (Å²) < 4.78 is 5.44. The van der Waals surface area contributed by atoms with Gasteiger partial charge >= 0.3 is 0 Å². The summed E-state index contributed by atoms with van der Waals surface area (Å²) in [5.41, 5.74) is 0. The van der Waals surface area contributed by atoms with Crippen LogP contribution >= 0.6 is 0 Å². The maximum absolute atomic E-state index is 12.7. The van der Waals surface area contributed by atoms with Gasteiger partial charge in [0.25, 0.3) is 0 Å². The summed E-state index contributed by atoms with van der Waals surface area (Å²) in [6, 6.07) is 0.375. The first-order valence-corrected chi connectivity index (χ1v) is 7.73. The van der Waals surface area contributed by atoms with Crippen molar-refractivity contribution < 1.29 is 9.53 Å². The standard InChI is InChI=1S/C15H28N2O2/c1-5-10(3)14-15(18)17(13(6-2)16-14)11-7-8-12(9-11)19-4/h10-14,16H,5-9H2,1-4H3. The van der Waals surface area contributed by atoms with Crippen molar-refractivity contribution >= 4 is 5.91 Å². The molecule has 0 aromatic rings. The summed E-state index contributed by atoms with van der Waals surface area (Å²) in [6.07, 6.45) is 5.72. The molecule has 0 radical (unpaired) electrons. The van der Waals surface area contributed by atoms with Crippen LogP contribution in [0.3, 0.4) is 0 Å². The molecule has 5 atom stereocenters. The Kier molecular flexibility index (Phi) is 4.85. The maximum atomic E-state index is 12.7. The Morgan fingerprint density at radius 3 is 2.68 bits per heavy atom. The van der Waals surface area contributed by atoms with Gasteiger partial charge in [-0.05, 0) is 31.6 Å². The molecular weight excluding hydrogens is 240 g/mol. The van der Waals surface area contributed by atoms with E-state index in [-0.39, 0.29) is 12.2 Å². The van der Waals surface area contributed by atoms with Crippen LogP contribution in [0.25, 0.3) is 0 Å². The Hall–Kier alpha value is -0.610. The van der Waals surface area contributed by atoms with Crippen molar-refractivity contribution in [2.45, 2.75) is 77.2 Å². The van der Waals surface area contributed by atoms with E-state index < -0.39 is 0 Å². The van der Waals surface area contributed by atoms with Gasteiger partial charge in [0.1, 0.15) is 0 Å². The fourth-order valence-corrected chi connectivity index (χ4v) is 3.45. The molecule has 2 fully saturated rings. The maximum Gasteiger partial charge on any atom is 0.241 e. The Morgan fingerprint density at radius 1 is 1.42 bits per heavy atom. The third kappa shape index (κ3) is 2.79. The molecule has 0 aromatic heterocycles. The highest BCUT2D eigenvalue weighted by Gasteiger charge is 2.45. The van der Waals surface area contributed by atoms with Crippen molar-refractivity contribution in [2.24, 2.45) is 5.92 Å². The predicted octanol–water partition coefficient (Wildman–Crippen LogP) is 2.14. The van der Waals surface area contributed by atoms with Crippen LogP contribution in [0.5, 0.6) is 0 Å². The zero-order valence-corrected chi connectivity index (χ0v) is 12.7. The second-order valence-corrected chi connectivity index (χ2v) is 6.02. The van der Waals surface area contributed by atoms with Gasteiger partial charge in [-0.25, -0.2) is 0 Å². The van der Waals surface area contributed by atoms with E-state index in [1.165, 1.54) is 0 Å². The first-order chi connectivity index (χ1) is 9.12. The fraction of sp³-hybridized carbons (Fsp3) is 0.933. The molecule has 1 aliphatic carbocycles. The Bertz CT molecular complexity index is 321. The van der Waals surface area contributed by atoms with Gasteiger partial charge in [-0.2, -0.15) is 0 Å². The molecule has 0 aromatic carbocycles. The molecule has 2 aliphatic rings. The van der Waals surface area contributed by atoms with Crippen molar-refractivity contribution in [3.05, 3.63) is 0 Å². The molecule has 1 heterocycles. The normalized spacial score (nSPS) is 37.1. The lowest BCUT2D eigenvalue weighted by Gasteiger charge is -2.29. The van der Waals surface area contributed by atoms with Gasteiger partial charge in [-0.3, -0.25) is 10.1 Å². The van der Waals surface area contributed by atoms with Crippen LogP contribution in [0.2, 0.25) is 0 Å². The molecule has 4 nitrogen and oxygen atoms in total. The van der Waals surface area contributed by atoms with E-state index >= 15 is 0 Å². The van der Waals surface area contributed by atoms with Gasteiger partial charge in [-0.15, -0.1) is 0 Å². The van der Waals surface area contributed by atoms with Gasteiger partial charge in [0.15, 0.2) is 0 Å². The molecule has 4 heteroatoms. The summed E-state index contributed by atoms with van der Waals surface area (Å²) >= 11 is 0. The number of amides is 1. The highest BCUT2D eigenvalue weighted by molar-refractivity contribution is 5.85. The summed E-state index contributed by atoms with van der Waals surface area (Å²) in [7, 11) is 1.77. The van der Waals surface area contributed by atoms with Crippen LogP contribution in [0.4, 0.5) is 0 Å². The smallest absolute Gasteiger partial charge is 0.241 e. The molecule has 110 valence electrons. The van der Waals surface area contributed by atoms with E-state index in [0.717, 1.165) is 32.1 Å². The number of methoxy groups -OCH3 is 1. The highest BCUT2D eigenvalue weighted by atomic mass is 16.5. The van der Waals surface area contributed by atoms with Crippen LogP contribution < -0.4 is 5.32 Å². The third-order valence-electron chi connectivity index (χ3n) is 4.91. The fourth-order valence-electron chi connectivity index (χ4n) is 3.45. The molecule has 1 saturated carbocycles. The van der Waals surface area contributed by atoms with Crippen LogP contribution in [-0.4, -0.2) is 42.3 Å². The molecule has 1 amide bonds. The van der Waals surface area contributed by atoms with E-state index in [1.807, 2.05) is 0 Å². The Morgan fingerprint density at radius 2 is 2.16 bits per heavy atom. The van der Waals surface area contributed by atoms with Crippen molar-refractivity contribution in [1.29, 1.82) is 0 Å². The monoisotopic (exact) mass is 268 g/mol. The summed E-state index contributed by atoms with van der Waals surface area (Å²) in [5.74, 6) is 0.717. The number of carbonyl (C=O) groups is 1. The van der Waals surface area contributed by atoms with Gasteiger partial charge in [0.05, 0.1) is 18.3 Å². The number of carbonyl (C=O) groups excluding carboxylic acids is 1. The van der Waals surface area contributed by atoms with Crippen molar-refractivity contribution in [3.63, 3.8) is 0 Å². The Labute approximate surface area is 116 Å². The van der Waals surface area contributed by atoms with Crippen LogP contribution in [-0.2, 0) is 9.53 Å². The van der Waals surface area contributed by atoms with Crippen molar-refractivity contribution in [2.75, 3.05) is 7.11 Å². The first kappa shape index (κ1) is 14.8. The molecule has 2 rings (SSSR count). The minimum Gasteiger partial charge on any atom is -0.381 e. The van der Waals surface area contributed by atoms with Gasteiger partial charge in [-0.1, -0.05) is 27.2 Å². The summed E-state index contributed by atoms with van der Waals surface area (Å²) in [4.78, 5) is 14.8. The number of rotatable bonds is 5. The second kappa shape index (κ2) is 6.23. The topological polar surface area (TPSA) is 41.6 Å². The average Bonchev–Trinajstić information content (AvgIpc) is 3.01. The minimum absolute atomic E-state index is 0.0107. The predicted molar refractivity (Wildman–Crippen MR) is 75.7 cm³/mol.